The average molecular weight is 347 g/mol. The molecule has 5 nitrogen and oxygen atoms in total. The molecule has 0 aliphatic carbocycles. The van der Waals surface area contributed by atoms with Crippen LogP contribution in [0.4, 0.5) is 11.4 Å². The topological polar surface area (TPSA) is 60.5 Å². The van der Waals surface area contributed by atoms with Gasteiger partial charge in [-0.25, -0.2) is 4.79 Å². The Kier molecular flexibility index (Phi) is 3.54. The Hall–Kier alpha value is -3.21. The summed E-state index contributed by atoms with van der Waals surface area (Å²) in [5.74, 6) is -0.361. The second kappa shape index (κ2) is 5.66. The lowest BCUT2D eigenvalue weighted by molar-refractivity contribution is 0.0232. The van der Waals surface area contributed by atoms with Crippen LogP contribution in [0, 0.1) is 0 Å². The number of benzene rings is 2. The minimum Gasteiger partial charge on any atom is -0.439 e. The molecule has 5 heteroatoms. The summed E-state index contributed by atoms with van der Waals surface area (Å²) in [7, 11) is 5.78. The Morgan fingerprint density at radius 1 is 1.08 bits per heavy atom. The van der Waals surface area contributed by atoms with Gasteiger partial charge < -0.3 is 19.9 Å². The first-order valence-corrected chi connectivity index (χ1v) is 8.47. The quantitative estimate of drug-likeness (QED) is 0.584. The number of hydrogen-bond donors (Lipinski definition) is 1. The largest absolute Gasteiger partial charge is 0.439 e. The van der Waals surface area contributed by atoms with Gasteiger partial charge in [0, 0.05) is 49.8 Å². The Bertz CT molecular complexity index is 992. The summed E-state index contributed by atoms with van der Waals surface area (Å²) in [5, 5.41) is 0. The zero-order chi connectivity index (χ0) is 18.5. The van der Waals surface area contributed by atoms with Crippen molar-refractivity contribution in [3.8, 4) is 0 Å². The molecule has 2 aromatic carbocycles. The lowest BCUT2D eigenvalue weighted by Gasteiger charge is -2.31. The SMILES string of the molecule is CN(C)c1cc(N)c2c(c1)C(=O)OC2(c1ccccc1)c1cccn1C. The van der Waals surface area contributed by atoms with E-state index >= 15 is 0 Å². The third kappa shape index (κ3) is 2.13. The molecule has 132 valence electrons. The van der Waals surface area contributed by atoms with Crippen molar-refractivity contribution >= 4 is 17.3 Å². The van der Waals surface area contributed by atoms with Crippen LogP contribution in [0.1, 0.15) is 27.2 Å². The average Bonchev–Trinajstić information content (AvgIpc) is 3.18. The number of cyclic esters (lactones) is 1. The highest BCUT2D eigenvalue weighted by Gasteiger charge is 2.51. The van der Waals surface area contributed by atoms with Gasteiger partial charge in [0.25, 0.3) is 0 Å². The zero-order valence-corrected chi connectivity index (χ0v) is 15.1. The summed E-state index contributed by atoms with van der Waals surface area (Å²) in [6, 6.07) is 17.4. The number of fused-ring (bicyclic) bond motifs is 1. The highest BCUT2D eigenvalue weighted by Crippen LogP contribution is 2.50. The minimum absolute atomic E-state index is 0.361. The summed E-state index contributed by atoms with van der Waals surface area (Å²) < 4.78 is 8.05. The molecule has 2 N–H and O–H groups in total. The van der Waals surface area contributed by atoms with Gasteiger partial charge in [-0.3, -0.25) is 0 Å². The first-order chi connectivity index (χ1) is 12.4. The third-order valence-corrected chi connectivity index (χ3v) is 4.97. The van der Waals surface area contributed by atoms with Gasteiger partial charge in [0.15, 0.2) is 0 Å². The Balaban J connectivity index is 2.09. The molecule has 0 amide bonds. The maximum absolute atomic E-state index is 12.9. The van der Waals surface area contributed by atoms with Crippen molar-refractivity contribution < 1.29 is 9.53 Å². The van der Waals surface area contributed by atoms with E-state index in [0.29, 0.717) is 16.8 Å². The summed E-state index contributed by atoms with van der Waals surface area (Å²) >= 11 is 0. The predicted molar refractivity (Wildman–Crippen MR) is 102 cm³/mol. The molecule has 1 aliphatic heterocycles. The van der Waals surface area contributed by atoms with E-state index in [1.165, 1.54) is 0 Å². The molecule has 1 unspecified atom stereocenters. The number of rotatable bonds is 3. The molecule has 1 aliphatic rings. The summed E-state index contributed by atoms with van der Waals surface area (Å²) in [6.07, 6.45) is 1.94. The van der Waals surface area contributed by atoms with Crippen molar-refractivity contribution in [3.05, 3.63) is 83.2 Å². The van der Waals surface area contributed by atoms with Crippen LogP contribution in [-0.2, 0) is 17.4 Å². The van der Waals surface area contributed by atoms with Gasteiger partial charge in [-0.1, -0.05) is 30.3 Å². The van der Waals surface area contributed by atoms with Crippen LogP contribution >= 0.6 is 0 Å². The van der Waals surface area contributed by atoms with Crippen molar-refractivity contribution in [1.29, 1.82) is 0 Å². The summed E-state index contributed by atoms with van der Waals surface area (Å²) in [4.78, 5) is 14.8. The van der Waals surface area contributed by atoms with Crippen molar-refractivity contribution in [2.45, 2.75) is 5.60 Å². The molecule has 0 spiro atoms. The van der Waals surface area contributed by atoms with Gasteiger partial charge in [-0.15, -0.1) is 0 Å². The molecular weight excluding hydrogens is 326 g/mol. The monoisotopic (exact) mass is 347 g/mol. The van der Waals surface area contributed by atoms with Crippen LogP contribution in [0.15, 0.2) is 60.8 Å². The highest BCUT2D eigenvalue weighted by atomic mass is 16.6. The van der Waals surface area contributed by atoms with E-state index in [2.05, 4.69) is 0 Å². The van der Waals surface area contributed by atoms with Crippen molar-refractivity contribution in [1.82, 2.24) is 4.57 Å². The maximum atomic E-state index is 12.9. The van der Waals surface area contributed by atoms with E-state index in [4.69, 9.17) is 10.5 Å². The number of anilines is 2. The van der Waals surface area contributed by atoms with Crippen molar-refractivity contribution in [2.24, 2.45) is 7.05 Å². The number of nitrogens with zero attached hydrogens (tertiary/aromatic N) is 2. The Morgan fingerprint density at radius 2 is 1.81 bits per heavy atom. The molecule has 0 radical (unpaired) electrons. The molecule has 3 aromatic rings. The molecule has 0 saturated carbocycles. The summed E-state index contributed by atoms with van der Waals surface area (Å²) in [6.45, 7) is 0. The first kappa shape index (κ1) is 16.3. The number of nitrogens with two attached hydrogens (primary N) is 1. The predicted octanol–water partition coefficient (Wildman–Crippen LogP) is 3.14. The third-order valence-electron chi connectivity index (χ3n) is 4.97. The fourth-order valence-electron chi connectivity index (χ4n) is 3.74. The number of aryl methyl sites for hydroxylation is 1. The molecule has 26 heavy (non-hydrogen) atoms. The van der Waals surface area contributed by atoms with E-state index in [-0.39, 0.29) is 5.97 Å². The van der Waals surface area contributed by atoms with Gasteiger partial charge >= 0.3 is 5.97 Å². The normalized spacial score (nSPS) is 18.5. The van der Waals surface area contributed by atoms with Crippen LogP contribution in [0.3, 0.4) is 0 Å². The van der Waals surface area contributed by atoms with Gasteiger partial charge in [0.2, 0.25) is 5.60 Å². The smallest absolute Gasteiger partial charge is 0.340 e. The van der Waals surface area contributed by atoms with Crippen LogP contribution in [0.5, 0.6) is 0 Å². The van der Waals surface area contributed by atoms with Gasteiger partial charge in [0.1, 0.15) is 0 Å². The standard InChI is InChI=1S/C21H21N3O2/c1-23(2)15-12-16-19(17(22)13-15)21(26-20(16)25,14-8-5-4-6-9-14)18-10-7-11-24(18)3/h4-13H,22H2,1-3H3. The molecular formula is C21H21N3O2. The van der Waals surface area contributed by atoms with E-state index in [9.17, 15) is 4.79 Å². The zero-order valence-electron chi connectivity index (χ0n) is 15.1. The second-order valence-electron chi connectivity index (χ2n) is 6.79. The summed E-state index contributed by atoms with van der Waals surface area (Å²) in [5.41, 5.74) is 9.79. The number of ether oxygens (including phenoxy) is 1. The van der Waals surface area contributed by atoms with Gasteiger partial charge in [-0.2, -0.15) is 0 Å². The molecule has 4 rings (SSSR count). The lowest BCUT2D eigenvalue weighted by atomic mass is 9.81. The van der Waals surface area contributed by atoms with Gasteiger partial charge in [-0.05, 0) is 24.3 Å². The van der Waals surface area contributed by atoms with Crippen LogP contribution in [0.2, 0.25) is 0 Å². The molecule has 1 aromatic heterocycles. The number of carbonyl (C=O) groups excluding carboxylic acids is 1. The van der Waals surface area contributed by atoms with Gasteiger partial charge in [0.05, 0.1) is 11.3 Å². The molecule has 0 fully saturated rings. The first-order valence-electron chi connectivity index (χ1n) is 8.47. The number of carbonyl (C=O) groups is 1. The molecule has 1 atom stereocenters. The number of hydrogen-bond acceptors (Lipinski definition) is 4. The minimum atomic E-state index is -1.05. The maximum Gasteiger partial charge on any atom is 0.340 e. The van der Waals surface area contributed by atoms with Crippen LogP contribution < -0.4 is 10.6 Å². The molecule has 2 heterocycles. The highest BCUT2D eigenvalue weighted by molar-refractivity contribution is 5.99. The second-order valence-corrected chi connectivity index (χ2v) is 6.79. The van der Waals surface area contributed by atoms with E-state index < -0.39 is 5.60 Å². The van der Waals surface area contributed by atoms with Crippen LogP contribution in [-0.4, -0.2) is 24.6 Å². The van der Waals surface area contributed by atoms with Crippen LogP contribution in [0.25, 0.3) is 0 Å². The van der Waals surface area contributed by atoms with Crippen molar-refractivity contribution in [3.63, 3.8) is 0 Å². The molecule has 0 saturated heterocycles. The van der Waals surface area contributed by atoms with E-state index in [1.807, 2.05) is 91.4 Å². The lowest BCUT2D eigenvalue weighted by Crippen LogP contribution is -2.32. The molecule has 0 bridgehead atoms. The Morgan fingerprint density at radius 3 is 2.42 bits per heavy atom. The fraction of sp³-hybridized carbons (Fsp3) is 0.190. The Labute approximate surface area is 152 Å². The fourth-order valence-corrected chi connectivity index (χ4v) is 3.74. The van der Waals surface area contributed by atoms with E-state index in [1.54, 1.807) is 0 Å². The number of esters is 1. The number of aromatic nitrogens is 1. The van der Waals surface area contributed by atoms with E-state index in [0.717, 1.165) is 16.9 Å². The number of nitrogen functional groups attached to an aromatic ring is 1. The van der Waals surface area contributed by atoms with Crippen molar-refractivity contribution in [2.75, 3.05) is 24.7 Å².